The van der Waals surface area contributed by atoms with Crippen molar-refractivity contribution in [1.82, 2.24) is 15.1 Å². The van der Waals surface area contributed by atoms with Crippen LogP contribution in [0, 0.1) is 5.92 Å². The fraction of sp³-hybridized carbons (Fsp3) is 0.312. The Kier molecular flexibility index (Phi) is 5.81. The van der Waals surface area contributed by atoms with Crippen LogP contribution in [0.5, 0.6) is 0 Å². The van der Waals surface area contributed by atoms with Crippen LogP contribution in [-0.4, -0.2) is 28.3 Å². The first-order chi connectivity index (χ1) is 11.4. The van der Waals surface area contributed by atoms with Gasteiger partial charge < -0.3 is 16.0 Å². The smallest absolute Gasteiger partial charge is 0.323 e. The van der Waals surface area contributed by atoms with E-state index in [0.717, 1.165) is 0 Å². The SMILES string of the molecule is CC(C)CNC(=O)c1c(NC(=O)Nc2cccc(Cl)c2)cnn1C. The van der Waals surface area contributed by atoms with E-state index in [-0.39, 0.29) is 11.6 Å². The van der Waals surface area contributed by atoms with E-state index in [1.54, 1.807) is 31.3 Å². The van der Waals surface area contributed by atoms with Crippen molar-refractivity contribution in [3.8, 4) is 0 Å². The number of urea groups is 1. The predicted octanol–water partition coefficient (Wildman–Crippen LogP) is 3.10. The van der Waals surface area contributed by atoms with Crippen molar-refractivity contribution < 1.29 is 9.59 Å². The predicted molar refractivity (Wildman–Crippen MR) is 94.5 cm³/mol. The maximum absolute atomic E-state index is 12.3. The Morgan fingerprint density at radius 1 is 1.29 bits per heavy atom. The van der Waals surface area contributed by atoms with Gasteiger partial charge in [0.05, 0.1) is 11.9 Å². The van der Waals surface area contributed by atoms with E-state index >= 15 is 0 Å². The van der Waals surface area contributed by atoms with Crippen molar-refractivity contribution in [2.45, 2.75) is 13.8 Å². The lowest BCUT2D eigenvalue weighted by atomic mass is 10.2. The normalized spacial score (nSPS) is 10.5. The highest BCUT2D eigenvalue weighted by molar-refractivity contribution is 6.30. The summed E-state index contributed by atoms with van der Waals surface area (Å²) in [5.74, 6) is 0.0338. The molecule has 0 unspecified atom stereocenters. The van der Waals surface area contributed by atoms with Crippen LogP contribution in [0.1, 0.15) is 24.3 Å². The molecule has 3 amide bonds. The zero-order chi connectivity index (χ0) is 17.7. The van der Waals surface area contributed by atoms with E-state index < -0.39 is 6.03 Å². The number of carbonyl (C=O) groups is 2. The number of nitrogens with zero attached hydrogens (tertiary/aromatic N) is 2. The molecule has 0 saturated heterocycles. The standard InChI is InChI=1S/C16H20ClN5O2/c1-10(2)8-18-15(23)14-13(9-19-22(14)3)21-16(24)20-12-6-4-5-11(17)7-12/h4-7,9-10H,8H2,1-3H3,(H,18,23)(H2,20,21,24). The minimum Gasteiger partial charge on any atom is -0.350 e. The Bertz CT molecular complexity index is 742. The number of aromatic nitrogens is 2. The number of aryl methyl sites for hydroxylation is 1. The van der Waals surface area contributed by atoms with Crippen LogP contribution in [0.4, 0.5) is 16.2 Å². The summed E-state index contributed by atoms with van der Waals surface area (Å²) in [6.07, 6.45) is 1.43. The molecule has 0 bridgehead atoms. The largest absolute Gasteiger partial charge is 0.350 e. The van der Waals surface area contributed by atoms with Crippen molar-refractivity contribution >= 4 is 34.9 Å². The number of amides is 3. The van der Waals surface area contributed by atoms with Gasteiger partial charge in [0.1, 0.15) is 5.69 Å². The van der Waals surface area contributed by atoms with Crippen LogP contribution in [0.25, 0.3) is 0 Å². The second-order valence-corrected chi connectivity index (χ2v) is 6.16. The molecule has 24 heavy (non-hydrogen) atoms. The molecule has 0 radical (unpaired) electrons. The lowest BCUT2D eigenvalue weighted by Crippen LogP contribution is -2.30. The molecule has 0 aliphatic rings. The lowest BCUT2D eigenvalue weighted by molar-refractivity contribution is 0.0940. The number of rotatable bonds is 5. The molecule has 3 N–H and O–H groups in total. The summed E-state index contributed by atoms with van der Waals surface area (Å²) in [6.45, 7) is 4.54. The molecule has 1 aromatic heterocycles. The second-order valence-electron chi connectivity index (χ2n) is 5.72. The molecule has 8 heteroatoms. The molecule has 0 saturated carbocycles. The summed E-state index contributed by atoms with van der Waals surface area (Å²) >= 11 is 5.88. The lowest BCUT2D eigenvalue weighted by Gasteiger charge is -2.11. The Hall–Kier alpha value is -2.54. The molecule has 1 heterocycles. The van der Waals surface area contributed by atoms with Crippen LogP contribution in [-0.2, 0) is 7.05 Å². The van der Waals surface area contributed by atoms with Crippen LogP contribution in [0.2, 0.25) is 5.02 Å². The molecule has 0 atom stereocenters. The average molecular weight is 350 g/mol. The molecule has 0 spiro atoms. The zero-order valence-electron chi connectivity index (χ0n) is 13.8. The van der Waals surface area contributed by atoms with Gasteiger partial charge in [-0.3, -0.25) is 9.48 Å². The Balaban J connectivity index is 2.07. The Morgan fingerprint density at radius 2 is 2.04 bits per heavy atom. The average Bonchev–Trinajstić information content (AvgIpc) is 2.85. The number of hydrogen-bond donors (Lipinski definition) is 3. The molecule has 0 aliphatic carbocycles. The third-order valence-corrected chi connectivity index (χ3v) is 3.39. The molecular weight excluding hydrogens is 330 g/mol. The first-order valence-corrected chi connectivity index (χ1v) is 7.88. The van der Waals surface area contributed by atoms with Gasteiger partial charge in [0.2, 0.25) is 0 Å². The summed E-state index contributed by atoms with van der Waals surface area (Å²) in [5.41, 5.74) is 1.17. The minimum absolute atomic E-state index is 0.289. The first kappa shape index (κ1) is 17.8. The van der Waals surface area contributed by atoms with E-state index in [1.807, 2.05) is 13.8 Å². The Morgan fingerprint density at radius 3 is 2.71 bits per heavy atom. The van der Waals surface area contributed by atoms with Gasteiger partial charge >= 0.3 is 6.03 Å². The van der Waals surface area contributed by atoms with E-state index in [1.165, 1.54) is 10.9 Å². The number of carbonyl (C=O) groups excluding carboxylic acids is 2. The van der Waals surface area contributed by atoms with Crippen molar-refractivity contribution in [3.05, 3.63) is 41.2 Å². The third kappa shape index (κ3) is 4.73. The number of halogens is 1. The topological polar surface area (TPSA) is 88.1 Å². The molecule has 7 nitrogen and oxygen atoms in total. The van der Waals surface area contributed by atoms with Gasteiger partial charge in [0, 0.05) is 24.3 Å². The monoisotopic (exact) mass is 349 g/mol. The summed E-state index contributed by atoms with van der Waals surface area (Å²) < 4.78 is 1.42. The third-order valence-electron chi connectivity index (χ3n) is 3.16. The first-order valence-electron chi connectivity index (χ1n) is 7.50. The van der Waals surface area contributed by atoms with Gasteiger partial charge in [-0.25, -0.2) is 4.79 Å². The Labute approximate surface area is 145 Å². The van der Waals surface area contributed by atoms with E-state index in [2.05, 4.69) is 21.0 Å². The molecule has 2 aromatic rings. The maximum atomic E-state index is 12.3. The maximum Gasteiger partial charge on any atom is 0.323 e. The van der Waals surface area contributed by atoms with E-state index in [9.17, 15) is 9.59 Å². The highest BCUT2D eigenvalue weighted by Crippen LogP contribution is 2.17. The highest BCUT2D eigenvalue weighted by Gasteiger charge is 2.18. The van der Waals surface area contributed by atoms with Gasteiger partial charge in [-0.1, -0.05) is 31.5 Å². The number of benzene rings is 1. The summed E-state index contributed by atoms with van der Waals surface area (Å²) in [7, 11) is 1.64. The molecule has 128 valence electrons. The number of anilines is 2. The van der Waals surface area contributed by atoms with E-state index in [0.29, 0.717) is 28.9 Å². The van der Waals surface area contributed by atoms with Crippen LogP contribution < -0.4 is 16.0 Å². The van der Waals surface area contributed by atoms with Crippen molar-refractivity contribution in [3.63, 3.8) is 0 Å². The molecule has 2 rings (SSSR count). The van der Waals surface area contributed by atoms with Crippen molar-refractivity contribution in [1.29, 1.82) is 0 Å². The van der Waals surface area contributed by atoms with Crippen LogP contribution in [0.15, 0.2) is 30.5 Å². The summed E-state index contributed by atoms with van der Waals surface area (Å²) in [4.78, 5) is 24.4. The summed E-state index contributed by atoms with van der Waals surface area (Å²) in [5, 5.41) is 12.6. The van der Waals surface area contributed by atoms with Gasteiger partial charge in [-0.05, 0) is 24.1 Å². The highest BCUT2D eigenvalue weighted by atomic mass is 35.5. The molecule has 1 aromatic carbocycles. The fourth-order valence-electron chi connectivity index (χ4n) is 2.03. The fourth-order valence-corrected chi connectivity index (χ4v) is 2.22. The van der Waals surface area contributed by atoms with E-state index in [4.69, 9.17) is 11.6 Å². The van der Waals surface area contributed by atoms with Gasteiger partial charge in [-0.2, -0.15) is 5.10 Å². The van der Waals surface area contributed by atoms with Crippen LogP contribution in [0.3, 0.4) is 0 Å². The van der Waals surface area contributed by atoms with Crippen LogP contribution >= 0.6 is 11.6 Å². The number of hydrogen-bond acceptors (Lipinski definition) is 3. The van der Waals surface area contributed by atoms with Gasteiger partial charge in [0.15, 0.2) is 0 Å². The van der Waals surface area contributed by atoms with Gasteiger partial charge in [-0.15, -0.1) is 0 Å². The molecule has 0 fully saturated rings. The van der Waals surface area contributed by atoms with Gasteiger partial charge in [0.25, 0.3) is 5.91 Å². The zero-order valence-corrected chi connectivity index (χ0v) is 14.5. The quantitative estimate of drug-likeness (QED) is 0.775. The summed E-state index contributed by atoms with van der Waals surface area (Å²) in [6, 6.07) is 6.30. The molecular formula is C16H20ClN5O2. The molecule has 0 aliphatic heterocycles. The van der Waals surface area contributed by atoms with Crippen molar-refractivity contribution in [2.24, 2.45) is 13.0 Å². The second kappa shape index (κ2) is 7.83. The number of nitrogens with one attached hydrogen (secondary N) is 3. The minimum atomic E-state index is -0.483. The van der Waals surface area contributed by atoms with Crippen molar-refractivity contribution in [2.75, 3.05) is 17.2 Å².